The van der Waals surface area contributed by atoms with E-state index in [1.165, 1.54) is 12.8 Å². The van der Waals surface area contributed by atoms with Gasteiger partial charge < -0.3 is 20.1 Å². The van der Waals surface area contributed by atoms with E-state index in [1.807, 2.05) is 12.3 Å². The van der Waals surface area contributed by atoms with E-state index in [9.17, 15) is 0 Å². The fourth-order valence-electron chi connectivity index (χ4n) is 3.54. The van der Waals surface area contributed by atoms with Crippen molar-refractivity contribution in [2.24, 2.45) is 4.99 Å². The first-order chi connectivity index (χ1) is 13.7. The van der Waals surface area contributed by atoms with Crippen LogP contribution in [0.25, 0.3) is 0 Å². The van der Waals surface area contributed by atoms with E-state index in [0.29, 0.717) is 19.0 Å². The van der Waals surface area contributed by atoms with Crippen LogP contribution in [0.15, 0.2) is 33.9 Å². The Morgan fingerprint density at radius 2 is 1.93 bits per heavy atom. The normalized spacial score (nSPS) is 14.7. The lowest BCUT2D eigenvalue weighted by Crippen LogP contribution is -2.36. The lowest BCUT2D eigenvalue weighted by atomic mass is 9.99. The average molecular weight is 385 g/mol. The molecular weight excluding hydrogens is 352 g/mol. The number of guanidine groups is 1. The van der Waals surface area contributed by atoms with Crippen molar-refractivity contribution in [3.8, 4) is 0 Å². The number of rotatable bonds is 8. The molecule has 1 saturated heterocycles. The Morgan fingerprint density at radius 1 is 1.18 bits per heavy atom. The monoisotopic (exact) mass is 384 g/mol. The van der Waals surface area contributed by atoms with Gasteiger partial charge in [-0.2, -0.15) is 0 Å². The number of aliphatic imine (C=N–C) groups is 1. The first-order valence-electron chi connectivity index (χ1n) is 10.3. The number of nitrogens with one attached hydrogen (secondary N) is 2. The zero-order valence-corrected chi connectivity index (χ0v) is 17.2. The Kier molecular flexibility index (Phi) is 7.28. The first kappa shape index (κ1) is 20.2. The van der Waals surface area contributed by atoms with Crippen LogP contribution < -0.4 is 15.5 Å². The van der Waals surface area contributed by atoms with E-state index in [-0.39, 0.29) is 0 Å². The molecule has 0 aromatic carbocycles. The minimum absolute atomic E-state index is 0.464. The standard InChI is InChI=1S/C21H32N6O/c1-4-17(5-2)19-12-18(28-26-19)15-25-21(22-3)24-14-16-8-9-20(23-13-16)27-10-6-7-11-27/h8-9,12-13,17H,4-7,10-11,14-15H2,1-3H3,(H2,22,24,25). The molecule has 7 nitrogen and oxygen atoms in total. The third-order valence-corrected chi connectivity index (χ3v) is 5.33. The number of pyridine rings is 1. The van der Waals surface area contributed by atoms with Gasteiger partial charge in [0.1, 0.15) is 5.82 Å². The first-order valence-corrected chi connectivity index (χ1v) is 10.3. The van der Waals surface area contributed by atoms with E-state index < -0.39 is 0 Å². The van der Waals surface area contributed by atoms with Gasteiger partial charge in [0, 0.05) is 44.9 Å². The molecule has 2 aromatic heterocycles. The van der Waals surface area contributed by atoms with Crippen molar-refractivity contribution in [2.45, 2.75) is 58.5 Å². The predicted octanol–water partition coefficient (Wildman–Crippen LogP) is 3.44. The van der Waals surface area contributed by atoms with Gasteiger partial charge in [-0.15, -0.1) is 0 Å². The Bertz CT molecular complexity index is 745. The van der Waals surface area contributed by atoms with Crippen LogP contribution in [0.4, 0.5) is 5.82 Å². The Morgan fingerprint density at radius 3 is 2.57 bits per heavy atom. The summed E-state index contributed by atoms with van der Waals surface area (Å²) < 4.78 is 5.46. The zero-order valence-electron chi connectivity index (χ0n) is 17.2. The van der Waals surface area contributed by atoms with Crippen molar-refractivity contribution < 1.29 is 4.52 Å². The summed E-state index contributed by atoms with van der Waals surface area (Å²) in [5, 5.41) is 10.8. The van der Waals surface area contributed by atoms with Crippen molar-refractivity contribution in [1.82, 2.24) is 20.8 Å². The predicted molar refractivity (Wildman–Crippen MR) is 113 cm³/mol. The van der Waals surface area contributed by atoms with Crippen LogP contribution in [0, 0.1) is 0 Å². The van der Waals surface area contributed by atoms with Crippen molar-refractivity contribution in [3.05, 3.63) is 41.4 Å². The van der Waals surface area contributed by atoms with E-state index in [1.54, 1.807) is 7.05 Å². The highest BCUT2D eigenvalue weighted by Crippen LogP contribution is 2.22. The Hall–Kier alpha value is -2.57. The van der Waals surface area contributed by atoms with Gasteiger partial charge in [0.25, 0.3) is 0 Å². The SMILES string of the molecule is CCC(CC)c1cc(CNC(=NC)NCc2ccc(N3CCCC3)nc2)on1. The van der Waals surface area contributed by atoms with Gasteiger partial charge in [0.05, 0.1) is 12.2 Å². The highest BCUT2D eigenvalue weighted by Gasteiger charge is 2.14. The van der Waals surface area contributed by atoms with Crippen molar-refractivity contribution >= 4 is 11.8 Å². The molecule has 1 aliphatic rings. The van der Waals surface area contributed by atoms with E-state index in [4.69, 9.17) is 4.52 Å². The van der Waals surface area contributed by atoms with Crippen LogP contribution in [0.3, 0.4) is 0 Å². The number of aromatic nitrogens is 2. The molecule has 0 bridgehead atoms. The summed E-state index contributed by atoms with van der Waals surface area (Å²) in [5.41, 5.74) is 2.16. The summed E-state index contributed by atoms with van der Waals surface area (Å²) in [4.78, 5) is 11.2. The molecule has 3 heterocycles. The maximum absolute atomic E-state index is 5.46. The summed E-state index contributed by atoms with van der Waals surface area (Å²) in [6, 6.07) is 6.27. The Labute approximate surface area is 167 Å². The zero-order chi connectivity index (χ0) is 19.8. The van der Waals surface area contributed by atoms with Crippen molar-refractivity contribution in [1.29, 1.82) is 0 Å². The van der Waals surface area contributed by atoms with Crippen LogP contribution in [-0.4, -0.2) is 36.2 Å². The molecule has 0 amide bonds. The van der Waals surface area contributed by atoms with Gasteiger partial charge in [-0.25, -0.2) is 4.98 Å². The number of nitrogens with zero attached hydrogens (tertiary/aromatic N) is 4. The van der Waals surface area contributed by atoms with Gasteiger partial charge in [0.2, 0.25) is 0 Å². The maximum atomic E-state index is 5.46. The molecule has 152 valence electrons. The summed E-state index contributed by atoms with van der Waals surface area (Å²) in [5.74, 6) is 3.08. The lowest BCUT2D eigenvalue weighted by molar-refractivity contribution is 0.368. The second kappa shape index (κ2) is 10.1. The van der Waals surface area contributed by atoms with E-state index in [0.717, 1.165) is 54.7 Å². The number of anilines is 1. The summed E-state index contributed by atoms with van der Waals surface area (Å²) >= 11 is 0. The summed E-state index contributed by atoms with van der Waals surface area (Å²) in [6.45, 7) is 7.81. The second-order valence-electron chi connectivity index (χ2n) is 7.23. The van der Waals surface area contributed by atoms with Crippen molar-refractivity contribution in [3.63, 3.8) is 0 Å². The molecular formula is C21H32N6O. The lowest BCUT2D eigenvalue weighted by Gasteiger charge is -2.16. The van der Waals surface area contributed by atoms with Crippen LogP contribution in [-0.2, 0) is 13.1 Å². The highest BCUT2D eigenvalue weighted by molar-refractivity contribution is 5.79. The molecule has 3 rings (SSSR count). The van der Waals surface area contributed by atoms with E-state index in [2.05, 4.69) is 56.6 Å². The molecule has 0 unspecified atom stereocenters. The smallest absolute Gasteiger partial charge is 0.191 e. The van der Waals surface area contributed by atoms with Gasteiger partial charge in [0.15, 0.2) is 11.7 Å². The molecule has 0 radical (unpaired) electrons. The molecule has 1 aliphatic heterocycles. The molecule has 28 heavy (non-hydrogen) atoms. The maximum Gasteiger partial charge on any atom is 0.191 e. The van der Waals surface area contributed by atoms with Gasteiger partial charge in [-0.1, -0.05) is 25.1 Å². The molecule has 0 spiro atoms. The molecule has 7 heteroatoms. The van der Waals surface area contributed by atoms with Gasteiger partial charge in [-0.05, 0) is 37.3 Å². The van der Waals surface area contributed by atoms with Crippen LogP contribution in [0.2, 0.25) is 0 Å². The average Bonchev–Trinajstić information content (AvgIpc) is 3.42. The molecule has 0 atom stereocenters. The van der Waals surface area contributed by atoms with Crippen molar-refractivity contribution in [2.75, 3.05) is 25.0 Å². The van der Waals surface area contributed by atoms with Crippen LogP contribution >= 0.6 is 0 Å². The quantitative estimate of drug-likeness (QED) is 0.536. The largest absolute Gasteiger partial charge is 0.359 e. The van der Waals surface area contributed by atoms with Gasteiger partial charge in [-0.3, -0.25) is 4.99 Å². The molecule has 1 fully saturated rings. The van der Waals surface area contributed by atoms with Crippen LogP contribution in [0.1, 0.15) is 62.5 Å². The third-order valence-electron chi connectivity index (χ3n) is 5.33. The number of hydrogen-bond donors (Lipinski definition) is 2. The second-order valence-corrected chi connectivity index (χ2v) is 7.23. The summed E-state index contributed by atoms with van der Waals surface area (Å²) in [6.07, 6.45) is 6.61. The molecule has 0 saturated carbocycles. The van der Waals surface area contributed by atoms with E-state index >= 15 is 0 Å². The minimum atomic E-state index is 0.464. The van der Waals surface area contributed by atoms with Gasteiger partial charge >= 0.3 is 0 Å². The molecule has 2 N–H and O–H groups in total. The topological polar surface area (TPSA) is 78.6 Å². The minimum Gasteiger partial charge on any atom is -0.359 e. The molecule has 2 aromatic rings. The summed E-state index contributed by atoms with van der Waals surface area (Å²) in [7, 11) is 1.76. The molecule has 0 aliphatic carbocycles. The van der Waals surface area contributed by atoms with Crippen LogP contribution in [0.5, 0.6) is 0 Å². The fraction of sp³-hybridized carbons (Fsp3) is 0.571. The Balaban J connectivity index is 1.47. The third kappa shape index (κ3) is 5.24. The fourth-order valence-corrected chi connectivity index (χ4v) is 3.54. The number of hydrogen-bond acceptors (Lipinski definition) is 5. The highest BCUT2D eigenvalue weighted by atomic mass is 16.5.